The molecule has 1 amide bonds. The normalized spacial score (nSPS) is 21.3. The predicted octanol–water partition coefficient (Wildman–Crippen LogP) is 2.54. The van der Waals surface area contributed by atoms with Crippen LogP contribution in [0.15, 0.2) is 30.5 Å². The van der Waals surface area contributed by atoms with Crippen molar-refractivity contribution in [2.75, 3.05) is 0 Å². The van der Waals surface area contributed by atoms with E-state index in [1.165, 1.54) is 12.1 Å². The van der Waals surface area contributed by atoms with Crippen molar-refractivity contribution in [3.8, 4) is 0 Å². The van der Waals surface area contributed by atoms with Gasteiger partial charge in [0.15, 0.2) is 0 Å². The van der Waals surface area contributed by atoms with Gasteiger partial charge in [-0.05, 0) is 43.5 Å². The smallest absolute Gasteiger partial charge is 0.306 e. The second-order valence-corrected chi connectivity index (χ2v) is 6.11. The van der Waals surface area contributed by atoms with Crippen LogP contribution in [-0.4, -0.2) is 27.6 Å². The minimum Gasteiger partial charge on any atom is -0.481 e. The molecule has 23 heavy (non-hydrogen) atoms. The third kappa shape index (κ3) is 3.52. The molecule has 3 rings (SSSR count). The van der Waals surface area contributed by atoms with E-state index in [1.807, 2.05) is 0 Å². The Kier molecular flexibility index (Phi) is 4.32. The minimum atomic E-state index is -0.789. The van der Waals surface area contributed by atoms with Gasteiger partial charge in [0, 0.05) is 23.1 Å². The highest BCUT2D eigenvalue weighted by molar-refractivity contribution is 5.83. The van der Waals surface area contributed by atoms with Crippen LogP contribution >= 0.6 is 0 Å². The number of carboxylic acid groups (broad SMARTS) is 1. The van der Waals surface area contributed by atoms with Crippen LogP contribution in [0.4, 0.5) is 4.39 Å². The van der Waals surface area contributed by atoms with Gasteiger partial charge in [-0.15, -0.1) is 0 Å². The van der Waals surface area contributed by atoms with Gasteiger partial charge in [-0.1, -0.05) is 6.42 Å². The number of hydrogen-bond donors (Lipinski definition) is 2. The lowest BCUT2D eigenvalue weighted by Gasteiger charge is -2.27. The van der Waals surface area contributed by atoms with E-state index >= 15 is 0 Å². The standard InChI is InChI=1S/C17H19FN2O3/c18-13-4-5-15-11(8-13)6-7-20(15)10-16(21)19-14-3-1-2-12(9-14)17(22)23/h4-8,12,14H,1-3,9-10H2,(H,19,21)(H,22,23)/t12-,14+/m1/s1. The van der Waals surface area contributed by atoms with Gasteiger partial charge in [-0.2, -0.15) is 0 Å². The zero-order chi connectivity index (χ0) is 16.4. The second kappa shape index (κ2) is 6.40. The van der Waals surface area contributed by atoms with E-state index in [-0.39, 0.29) is 30.2 Å². The third-order valence-electron chi connectivity index (χ3n) is 4.44. The Labute approximate surface area is 133 Å². The number of rotatable bonds is 4. The molecule has 1 heterocycles. The molecular formula is C17H19FN2O3. The highest BCUT2D eigenvalue weighted by atomic mass is 19.1. The molecule has 5 nitrogen and oxygen atoms in total. The van der Waals surface area contributed by atoms with Gasteiger partial charge in [-0.25, -0.2) is 4.39 Å². The van der Waals surface area contributed by atoms with Crippen molar-refractivity contribution in [3.63, 3.8) is 0 Å². The molecule has 2 aromatic rings. The van der Waals surface area contributed by atoms with E-state index in [9.17, 15) is 14.0 Å². The molecule has 2 N–H and O–H groups in total. The average molecular weight is 318 g/mol. The molecule has 1 fully saturated rings. The summed E-state index contributed by atoms with van der Waals surface area (Å²) in [5.74, 6) is -1.61. The molecule has 1 aliphatic carbocycles. The average Bonchev–Trinajstić information content (AvgIpc) is 2.89. The van der Waals surface area contributed by atoms with E-state index in [1.54, 1.807) is 22.9 Å². The van der Waals surface area contributed by atoms with Crippen molar-refractivity contribution in [2.45, 2.75) is 38.3 Å². The number of aliphatic carboxylic acids is 1. The lowest BCUT2D eigenvalue weighted by Crippen LogP contribution is -2.41. The highest BCUT2D eigenvalue weighted by Crippen LogP contribution is 2.24. The fourth-order valence-electron chi connectivity index (χ4n) is 3.28. The molecule has 0 aliphatic heterocycles. The lowest BCUT2D eigenvalue weighted by molar-refractivity contribution is -0.143. The zero-order valence-corrected chi connectivity index (χ0v) is 12.7. The van der Waals surface area contributed by atoms with Crippen LogP contribution in [0, 0.1) is 11.7 Å². The van der Waals surface area contributed by atoms with Crippen molar-refractivity contribution >= 4 is 22.8 Å². The van der Waals surface area contributed by atoms with Crippen LogP contribution < -0.4 is 5.32 Å². The van der Waals surface area contributed by atoms with Gasteiger partial charge in [-0.3, -0.25) is 9.59 Å². The first kappa shape index (κ1) is 15.5. The number of carboxylic acids is 1. The number of nitrogens with one attached hydrogen (secondary N) is 1. The largest absolute Gasteiger partial charge is 0.481 e. The molecule has 1 aromatic carbocycles. The maximum Gasteiger partial charge on any atom is 0.306 e. The molecule has 0 bridgehead atoms. The number of fused-ring (bicyclic) bond motifs is 1. The summed E-state index contributed by atoms with van der Waals surface area (Å²) in [6.45, 7) is 0.142. The van der Waals surface area contributed by atoms with Gasteiger partial charge in [0.2, 0.25) is 5.91 Å². The summed E-state index contributed by atoms with van der Waals surface area (Å²) in [4.78, 5) is 23.3. The van der Waals surface area contributed by atoms with Crippen molar-refractivity contribution in [3.05, 3.63) is 36.3 Å². The van der Waals surface area contributed by atoms with Crippen LogP contribution in [0.25, 0.3) is 10.9 Å². The Morgan fingerprint density at radius 2 is 2.13 bits per heavy atom. The lowest BCUT2D eigenvalue weighted by atomic mass is 9.86. The van der Waals surface area contributed by atoms with E-state index in [2.05, 4.69) is 5.32 Å². The van der Waals surface area contributed by atoms with Gasteiger partial charge in [0.25, 0.3) is 0 Å². The number of carbonyl (C=O) groups excluding carboxylic acids is 1. The Morgan fingerprint density at radius 3 is 2.91 bits per heavy atom. The van der Waals surface area contributed by atoms with Crippen molar-refractivity contribution in [2.24, 2.45) is 5.92 Å². The van der Waals surface area contributed by atoms with Crippen molar-refractivity contribution < 1.29 is 19.1 Å². The number of amides is 1. The Hall–Kier alpha value is -2.37. The van der Waals surface area contributed by atoms with Crippen molar-refractivity contribution in [1.29, 1.82) is 0 Å². The zero-order valence-electron chi connectivity index (χ0n) is 12.7. The van der Waals surface area contributed by atoms with E-state index in [0.29, 0.717) is 12.8 Å². The molecule has 1 aliphatic rings. The molecule has 0 saturated heterocycles. The molecule has 2 atom stereocenters. The number of halogens is 1. The van der Waals surface area contributed by atoms with Gasteiger partial charge in [0.05, 0.1) is 5.92 Å². The first-order valence-electron chi connectivity index (χ1n) is 7.79. The summed E-state index contributed by atoms with van der Waals surface area (Å²) < 4.78 is 14.9. The fourth-order valence-corrected chi connectivity index (χ4v) is 3.28. The molecule has 0 spiro atoms. The van der Waals surface area contributed by atoms with E-state index in [4.69, 9.17) is 5.11 Å². The summed E-state index contributed by atoms with van der Waals surface area (Å²) in [6.07, 6.45) is 4.54. The van der Waals surface area contributed by atoms with E-state index in [0.717, 1.165) is 23.7 Å². The number of carbonyl (C=O) groups is 2. The summed E-state index contributed by atoms with van der Waals surface area (Å²) in [7, 11) is 0. The molecule has 1 saturated carbocycles. The second-order valence-electron chi connectivity index (χ2n) is 6.11. The fraction of sp³-hybridized carbons (Fsp3) is 0.412. The third-order valence-corrected chi connectivity index (χ3v) is 4.44. The number of aromatic nitrogens is 1. The summed E-state index contributed by atoms with van der Waals surface area (Å²) in [5.41, 5.74) is 0.800. The van der Waals surface area contributed by atoms with Gasteiger partial charge < -0.3 is 15.0 Å². The van der Waals surface area contributed by atoms with Crippen LogP contribution in [0.1, 0.15) is 25.7 Å². The molecule has 122 valence electrons. The predicted molar refractivity (Wildman–Crippen MR) is 83.4 cm³/mol. The maximum atomic E-state index is 13.2. The molecule has 1 aromatic heterocycles. The topological polar surface area (TPSA) is 71.3 Å². The SMILES string of the molecule is O=C(Cn1ccc2cc(F)ccc21)N[C@H]1CCC[C@@H](C(=O)O)C1. The number of nitrogens with zero attached hydrogens (tertiary/aromatic N) is 1. The van der Waals surface area contributed by atoms with Crippen LogP contribution in [0.5, 0.6) is 0 Å². The summed E-state index contributed by atoms with van der Waals surface area (Å²) in [5, 5.41) is 12.8. The minimum absolute atomic E-state index is 0.0865. The Morgan fingerprint density at radius 1 is 1.30 bits per heavy atom. The maximum absolute atomic E-state index is 13.2. The molecule has 0 radical (unpaired) electrons. The van der Waals surface area contributed by atoms with Crippen LogP contribution in [-0.2, 0) is 16.1 Å². The Balaban J connectivity index is 1.63. The first-order chi connectivity index (χ1) is 11.0. The molecule has 6 heteroatoms. The van der Waals surface area contributed by atoms with E-state index < -0.39 is 5.97 Å². The highest BCUT2D eigenvalue weighted by Gasteiger charge is 2.27. The summed E-state index contributed by atoms with van der Waals surface area (Å²) >= 11 is 0. The van der Waals surface area contributed by atoms with Crippen LogP contribution in [0.3, 0.4) is 0 Å². The quantitative estimate of drug-likeness (QED) is 0.910. The number of benzene rings is 1. The first-order valence-corrected chi connectivity index (χ1v) is 7.79. The van der Waals surface area contributed by atoms with Gasteiger partial charge >= 0.3 is 5.97 Å². The monoisotopic (exact) mass is 318 g/mol. The number of hydrogen-bond acceptors (Lipinski definition) is 2. The van der Waals surface area contributed by atoms with Crippen molar-refractivity contribution in [1.82, 2.24) is 9.88 Å². The Bertz CT molecular complexity index is 741. The summed E-state index contributed by atoms with van der Waals surface area (Å²) in [6, 6.07) is 6.14. The van der Waals surface area contributed by atoms with Crippen LogP contribution in [0.2, 0.25) is 0 Å². The molecule has 0 unspecified atom stereocenters. The molecular weight excluding hydrogens is 299 g/mol. The van der Waals surface area contributed by atoms with Gasteiger partial charge in [0.1, 0.15) is 12.4 Å².